The lowest BCUT2D eigenvalue weighted by Crippen LogP contribution is -2.41. The Morgan fingerprint density at radius 2 is 1.94 bits per heavy atom. The maximum absolute atomic E-state index is 11.5. The van der Waals surface area contributed by atoms with Crippen molar-refractivity contribution in [3.8, 4) is 11.5 Å². The number of nitrogens with zero attached hydrogens (tertiary/aromatic N) is 1. The third-order valence-corrected chi connectivity index (χ3v) is 2.40. The molecule has 0 saturated carbocycles. The Morgan fingerprint density at radius 1 is 1.29 bits per heavy atom. The minimum absolute atomic E-state index is 0.0616. The van der Waals surface area contributed by atoms with Gasteiger partial charge in [-0.2, -0.15) is 0 Å². The molecule has 0 aliphatic carbocycles. The molecule has 94 valence electrons. The number of anilines is 1. The maximum atomic E-state index is 11.5. The molecule has 0 aromatic heterocycles. The van der Waals surface area contributed by atoms with Crippen molar-refractivity contribution in [3.05, 3.63) is 18.2 Å². The summed E-state index contributed by atoms with van der Waals surface area (Å²) >= 11 is 0. The number of benzene rings is 1. The van der Waals surface area contributed by atoms with Crippen LogP contribution in [-0.2, 0) is 0 Å². The van der Waals surface area contributed by atoms with Crippen LogP contribution in [0.1, 0.15) is 13.8 Å². The lowest BCUT2D eigenvalue weighted by molar-refractivity contribution is 0.252. The van der Waals surface area contributed by atoms with Crippen molar-refractivity contribution >= 4 is 11.7 Å². The van der Waals surface area contributed by atoms with Crippen molar-refractivity contribution in [3.63, 3.8) is 0 Å². The summed E-state index contributed by atoms with van der Waals surface area (Å²) in [5.41, 5.74) is 5.98. The summed E-state index contributed by atoms with van der Waals surface area (Å²) < 4.78 is 10.4. The fourth-order valence-corrected chi connectivity index (χ4v) is 1.64. The van der Waals surface area contributed by atoms with Crippen LogP contribution in [0.3, 0.4) is 0 Å². The van der Waals surface area contributed by atoms with E-state index in [9.17, 15) is 4.79 Å². The van der Waals surface area contributed by atoms with Gasteiger partial charge in [0.05, 0.1) is 19.9 Å². The summed E-state index contributed by atoms with van der Waals surface area (Å²) in [5.74, 6) is 1.23. The molecule has 0 radical (unpaired) electrons. The van der Waals surface area contributed by atoms with E-state index in [4.69, 9.17) is 15.2 Å². The molecule has 0 unspecified atom stereocenters. The molecule has 0 spiro atoms. The molecular weight excluding hydrogens is 220 g/mol. The molecule has 0 bridgehead atoms. The van der Waals surface area contributed by atoms with Gasteiger partial charge in [0.25, 0.3) is 0 Å². The van der Waals surface area contributed by atoms with Crippen LogP contribution in [0.4, 0.5) is 10.5 Å². The third-order valence-electron chi connectivity index (χ3n) is 2.40. The van der Waals surface area contributed by atoms with E-state index >= 15 is 0 Å². The van der Waals surface area contributed by atoms with Gasteiger partial charge in [-0.1, -0.05) is 0 Å². The van der Waals surface area contributed by atoms with E-state index in [1.54, 1.807) is 32.4 Å². The minimum atomic E-state index is -0.522. The van der Waals surface area contributed by atoms with Gasteiger partial charge in [0.2, 0.25) is 0 Å². The van der Waals surface area contributed by atoms with E-state index in [0.717, 1.165) is 0 Å². The fraction of sp³-hybridized carbons (Fsp3) is 0.417. The van der Waals surface area contributed by atoms with Crippen LogP contribution >= 0.6 is 0 Å². The number of rotatable bonds is 4. The Bertz CT molecular complexity index is 405. The molecule has 0 heterocycles. The number of hydrogen-bond donors (Lipinski definition) is 1. The standard InChI is InChI=1S/C12H18N2O3/c1-8(2)14(12(13)15)10-7-9(16-3)5-6-11(10)17-4/h5-8H,1-4H3,(H2,13,15). The zero-order valence-corrected chi connectivity index (χ0v) is 10.6. The zero-order valence-electron chi connectivity index (χ0n) is 10.6. The van der Waals surface area contributed by atoms with E-state index in [0.29, 0.717) is 17.2 Å². The number of amides is 2. The van der Waals surface area contributed by atoms with Crippen LogP contribution in [-0.4, -0.2) is 26.3 Å². The third kappa shape index (κ3) is 2.81. The quantitative estimate of drug-likeness (QED) is 0.872. The Labute approximate surface area is 101 Å². The van der Waals surface area contributed by atoms with Crippen molar-refractivity contribution in [2.75, 3.05) is 19.1 Å². The largest absolute Gasteiger partial charge is 0.497 e. The molecule has 0 atom stereocenters. The number of methoxy groups -OCH3 is 2. The maximum Gasteiger partial charge on any atom is 0.319 e. The first-order valence-corrected chi connectivity index (χ1v) is 5.32. The lowest BCUT2D eigenvalue weighted by Gasteiger charge is -2.26. The molecular formula is C12H18N2O3. The number of primary amides is 1. The highest BCUT2D eigenvalue weighted by molar-refractivity contribution is 5.93. The van der Waals surface area contributed by atoms with E-state index < -0.39 is 6.03 Å². The van der Waals surface area contributed by atoms with Gasteiger partial charge in [-0.15, -0.1) is 0 Å². The van der Waals surface area contributed by atoms with Crippen LogP contribution in [0, 0.1) is 0 Å². The molecule has 0 aliphatic heterocycles. The van der Waals surface area contributed by atoms with Crippen LogP contribution in [0.25, 0.3) is 0 Å². The van der Waals surface area contributed by atoms with E-state index in [1.165, 1.54) is 4.90 Å². The van der Waals surface area contributed by atoms with Crippen LogP contribution in [0.15, 0.2) is 18.2 Å². The monoisotopic (exact) mass is 238 g/mol. The van der Waals surface area contributed by atoms with Crippen molar-refractivity contribution in [1.29, 1.82) is 0 Å². The second-order valence-electron chi connectivity index (χ2n) is 3.84. The molecule has 1 aromatic rings. The van der Waals surface area contributed by atoms with E-state index in [1.807, 2.05) is 13.8 Å². The summed E-state index contributed by atoms with van der Waals surface area (Å²) in [7, 11) is 3.11. The van der Waals surface area contributed by atoms with Crippen molar-refractivity contribution in [2.45, 2.75) is 19.9 Å². The van der Waals surface area contributed by atoms with E-state index in [-0.39, 0.29) is 6.04 Å². The first-order chi connectivity index (χ1) is 8.01. The predicted molar refractivity (Wildman–Crippen MR) is 66.7 cm³/mol. The molecule has 0 aliphatic rings. The molecule has 17 heavy (non-hydrogen) atoms. The fourth-order valence-electron chi connectivity index (χ4n) is 1.64. The molecule has 5 heteroatoms. The van der Waals surface area contributed by atoms with Gasteiger partial charge in [-0.3, -0.25) is 4.90 Å². The highest BCUT2D eigenvalue weighted by atomic mass is 16.5. The average Bonchev–Trinajstić information content (AvgIpc) is 2.28. The summed E-state index contributed by atoms with van der Waals surface area (Å²) in [5, 5.41) is 0. The van der Waals surface area contributed by atoms with Crippen molar-refractivity contribution < 1.29 is 14.3 Å². The summed E-state index contributed by atoms with van der Waals surface area (Å²) in [4.78, 5) is 12.9. The number of hydrogen-bond acceptors (Lipinski definition) is 3. The highest BCUT2D eigenvalue weighted by Crippen LogP contribution is 2.33. The molecule has 0 fully saturated rings. The molecule has 0 saturated heterocycles. The first-order valence-electron chi connectivity index (χ1n) is 5.32. The SMILES string of the molecule is COc1ccc(OC)c(N(C(N)=O)C(C)C)c1. The van der Waals surface area contributed by atoms with Gasteiger partial charge >= 0.3 is 6.03 Å². The molecule has 2 N–H and O–H groups in total. The number of carbonyl (C=O) groups is 1. The van der Waals surface area contributed by atoms with Gasteiger partial charge < -0.3 is 15.2 Å². The average molecular weight is 238 g/mol. The number of carbonyl (C=O) groups excluding carboxylic acids is 1. The highest BCUT2D eigenvalue weighted by Gasteiger charge is 2.20. The Kier molecular flexibility index (Phi) is 4.20. The van der Waals surface area contributed by atoms with Crippen LogP contribution in [0.5, 0.6) is 11.5 Å². The second-order valence-corrected chi connectivity index (χ2v) is 3.84. The Hall–Kier alpha value is -1.91. The van der Waals surface area contributed by atoms with Gasteiger partial charge in [0.15, 0.2) is 0 Å². The topological polar surface area (TPSA) is 64.8 Å². The van der Waals surface area contributed by atoms with Gasteiger partial charge in [0.1, 0.15) is 11.5 Å². The predicted octanol–water partition coefficient (Wildman–Crippen LogP) is 2.00. The van der Waals surface area contributed by atoms with Crippen LogP contribution < -0.4 is 20.1 Å². The van der Waals surface area contributed by atoms with Crippen molar-refractivity contribution in [2.24, 2.45) is 5.73 Å². The summed E-state index contributed by atoms with van der Waals surface area (Å²) in [6.07, 6.45) is 0. The summed E-state index contributed by atoms with van der Waals surface area (Å²) in [6, 6.07) is 4.65. The number of nitrogens with two attached hydrogens (primary N) is 1. The Morgan fingerprint density at radius 3 is 2.35 bits per heavy atom. The molecule has 5 nitrogen and oxygen atoms in total. The molecule has 1 rings (SSSR count). The lowest BCUT2D eigenvalue weighted by atomic mass is 10.2. The zero-order chi connectivity index (χ0) is 13.0. The first kappa shape index (κ1) is 13.2. The number of ether oxygens (including phenoxy) is 2. The van der Waals surface area contributed by atoms with Crippen LogP contribution in [0.2, 0.25) is 0 Å². The normalized spacial score (nSPS) is 10.2. The van der Waals surface area contributed by atoms with E-state index in [2.05, 4.69) is 0 Å². The summed E-state index contributed by atoms with van der Waals surface area (Å²) in [6.45, 7) is 3.76. The van der Waals surface area contributed by atoms with Gasteiger partial charge in [-0.25, -0.2) is 4.79 Å². The van der Waals surface area contributed by atoms with Gasteiger partial charge in [0, 0.05) is 12.1 Å². The van der Waals surface area contributed by atoms with Crippen molar-refractivity contribution in [1.82, 2.24) is 0 Å². The van der Waals surface area contributed by atoms with Gasteiger partial charge in [-0.05, 0) is 26.0 Å². The number of urea groups is 1. The smallest absolute Gasteiger partial charge is 0.319 e. The Balaban J connectivity index is 3.28. The molecule has 2 amide bonds. The molecule has 1 aromatic carbocycles. The minimum Gasteiger partial charge on any atom is -0.497 e. The second kappa shape index (κ2) is 5.43.